The van der Waals surface area contributed by atoms with Crippen LogP contribution in [0.15, 0.2) is 30.3 Å². The molecule has 0 saturated carbocycles. The number of carbonyl (C=O) groups excluding carboxylic acids is 1. The van der Waals surface area contributed by atoms with Crippen LogP contribution in [0.1, 0.15) is 53.0 Å². The van der Waals surface area contributed by atoms with Gasteiger partial charge in [0.15, 0.2) is 0 Å². The second-order valence-electron chi connectivity index (χ2n) is 7.33. The molecule has 0 aliphatic rings. The van der Waals surface area contributed by atoms with Crippen LogP contribution in [0.4, 0.5) is 0 Å². The van der Waals surface area contributed by atoms with Crippen molar-refractivity contribution in [3.63, 3.8) is 0 Å². The quantitative estimate of drug-likeness (QED) is 0.870. The van der Waals surface area contributed by atoms with E-state index in [4.69, 9.17) is 5.73 Å². The second kappa shape index (κ2) is 7.60. The van der Waals surface area contributed by atoms with E-state index in [0.29, 0.717) is 13.0 Å². The average Bonchev–Trinajstić information content (AvgIpc) is 2.34. The number of carbonyl (C=O) groups is 1. The van der Waals surface area contributed by atoms with Gasteiger partial charge >= 0.3 is 0 Å². The van der Waals surface area contributed by atoms with Gasteiger partial charge in [0.2, 0.25) is 5.91 Å². The molecule has 0 heterocycles. The predicted octanol–water partition coefficient (Wildman–Crippen LogP) is 3.58. The lowest BCUT2D eigenvalue weighted by Gasteiger charge is -2.29. The van der Waals surface area contributed by atoms with Crippen molar-refractivity contribution >= 4 is 5.91 Å². The smallest absolute Gasteiger partial charge is 0.224 e. The molecule has 3 nitrogen and oxygen atoms in total. The summed E-state index contributed by atoms with van der Waals surface area (Å²) in [6.45, 7) is 11.2. The van der Waals surface area contributed by atoms with Crippen LogP contribution in [-0.2, 0) is 11.3 Å². The first-order valence-corrected chi connectivity index (χ1v) is 7.78. The highest BCUT2D eigenvalue weighted by atomic mass is 16.2. The SMILES string of the molecule is CC(C)N(Cc1ccccc1)C(=O)CC(N)CC(C)(C)C. The lowest BCUT2D eigenvalue weighted by atomic mass is 9.87. The average molecular weight is 290 g/mol. The minimum atomic E-state index is -0.0745. The van der Waals surface area contributed by atoms with Crippen LogP contribution in [-0.4, -0.2) is 22.9 Å². The lowest BCUT2D eigenvalue weighted by Crippen LogP contribution is -2.40. The number of hydrogen-bond donors (Lipinski definition) is 1. The fourth-order valence-electron chi connectivity index (χ4n) is 2.54. The van der Waals surface area contributed by atoms with Crippen molar-refractivity contribution in [3.05, 3.63) is 35.9 Å². The highest BCUT2D eigenvalue weighted by molar-refractivity contribution is 5.77. The molecular formula is C18H30N2O. The van der Waals surface area contributed by atoms with Gasteiger partial charge in [-0.05, 0) is 31.2 Å². The van der Waals surface area contributed by atoms with Crippen LogP contribution < -0.4 is 5.73 Å². The molecule has 3 heteroatoms. The highest BCUT2D eigenvalue weighted by Crippen LogP contribution is 2.22. The summed E-state index contributed by atoms with van der Waals surface area (Å²) in [5, 5.41) is 0. The van der Waals surface area contributed by atoms with Crippen molar-refractivity contribution in [2.75, 3.05) is 0 Å². The Balaban J connectivity index is 2.66. The van der Waals surface area contributed by atoms with Gasteiger partial charge in [-0.15, -0.1) is 0 Å². The normalized spacial score (nSPS) is 13.3. The van der Waals surface area contributed by atoms with Gasteiger partial charge in [-0.1, -0.05) is 51.1 Å². The summed E-state index contributed by atoms with van der Waals surface area (Å²) < 4.78 is 0. The summed E-state index contributed by atoms with van der Waals surface area (Å²) >= 11 is 0. The van der Waals surface area contributed by atoms with Crippen molar-refractivity contribution in [3.8, 4) is 0 Å². The molecule has 0 spiro atoms. The van der Waals surface area contributed by atoms with Crippen LogP contribution >= 0.6 is 0 Å². The fourth-order valence-corrected chi connectivity index (χ4v) is 2.54. The number of hydrogen-bond acceptors (Lipinski definition) is 2. The maximum atomic E-state index is 12.5. The molecule has 0 radical (unpaired) electrons. The molecule has 0 fully saturated rings. The molecule has 1 aromatic carbocycles. The third kappa shape index (κ3) is 6.76. The lowest BCUT2D eigenvalue weighted by molar-refractivity contribution is -0.134. The molecule has 0 aliphatic heterocycles. The Hall–Kier alpha value is -1.35. The molecule has 1 aromatic rings. The van der Waals surface area contributed by atoms with Crippen LogP contribution in [0, 0.1) is 5.41 Å². The molecule has 1 atom stereocenters. The van der Waals surface area contributed by atoms with Gasteiger partial charge in [0.1, 0.15) is 0 Å². The van der Waals surface area contributed by atoms with E-state index in [1.54, 1.807) is 0 Å². The van der Waals surface area contributed by atoms with E-state index in [9.17, 15) is 4.79 Å². The molecule has 2 N–H and O–H groups in total. The van der Waals surface area contributed by atoms with E-state index in [0.717, 1.165) is 12.0 Å². The minimum absolute atomic E-state index is 0.0745. The second-order valence-corrected chi connectivity index (χ2v) is 7.33. The van der Waals surface area contributed by atoms with Gasteiger partial charge in [-0.25, -0.2) is 0 Å². The third-order valence-electron chi connectivity index (χ3n) is 3.45. The zero-order valence-corrected chi connectivity index (χ0v) is 14.1. The molecule has 21 heavy (non-hydrogen) atoms. The Morgan fingerprint density at radius 1 is 1.19 bits per heavy atom. The van der Waals surface area contributed by atoms with Crippen molar-refractivity contribution in [1.29, 1.82) is 0 Å². The van der Waals surface area contributed by atoms with E-state index in [1.807, 2.05) is 23.1 Å². The molecule has 1 rings (SSSR count). The van der Waals surface area contributed by atoms with Gasteiger partial charge in [-0.3, -0.25) is 4.79 Å². The minimum Gasteiger partial charge on any atom is -0.336 e. The summed E-state index contributed by atoms with van der Waals surface area (Å²) in [4.78, 5) is 14.4. The van der Waals surface area contributed by atoms with E-state index in [1.165, 1.54) is 0 Å². The molecule has 0 saturated heterocycles. The fraction of sp³-hybridized carbons (Fsp3) is 0.611. The van der Waals surface area contributed by atoms with E-state index in [2.05, 4.69) is 46.8 Å². The van der Waals surface area contributed by atoms with Crippen LogP contribution in [0.5, 0.6) is 0 Å². The first-order chi connectivity index (χ1) is 9.69. The Morgan fingerprint density at radius 2 is 1.76 bits per heavy atom. The Kier molecular flexibility index (Phi) is 6.41. The Bertz CT molecular complexity index is 434. The zero-order valence-electron chi connectivity index (χ0n) is 14.1. The molecule has 118 valence electrons. The first-order valence-electron chi connectivity index (χ1n) is 7.78. The topological polar surface area (TPSA) is 46.3 Å². The van der Waals surface area contributed by atoms with E-state index in [-0.39, 0.29) is 23.4 Å². The molecule has 0 aromatic heterocycles. The van der Waals surface area contributed by atoms with Crippen LogP contribution in [0.3, 0.4) is 0 Å². The van der Waals surface area contributed by atoms with Gasteiger partial charge < -0.3 is 10.6 Å². The standard InChI is InChI=1S/C18H30N2O/c1-14(2)20(13-15-9-7-6-8-10-15)17(21)11-16(19)12-18(3,4)5/h6-10,14,16H,11-13,19H2,1-5H3. The number of benzene rings is 1. The molecule has 1 amide bonds. The number of nitrogens with zero attached hydrogens (tertiary/aromatic N) is 1. The van der Waals surface area contributed by atoms with E-state index >= 15 is 0 Å². The number of rotatable bonds is 6. The molecule has 0 aliphatic carbocycles. The number of nitrogens with two attached hydrogens (primary N) is 1. The molecule has 0 bridgehead atoms. The maximum Gasteiger partial charge on any atom is 0.224 e. The van der Waals surface area contributed by atoms with Gasteiger partial charge in [0.05, 0.1) is 0 Å². The van der Waals surface area contributed by atoms with Crippen molar-refractivity contribution < 1.29 is 4.79 Å². The number of amides is 1. The van der Waals surface area contributed by atoms with Crippen molar-refractivity contribution in [2.45, 2.75) is 66.1 Å². The Labute approximate surface area is 129 Å². The molecule has 1 unspecified atom stereocenters. The van der Waals surface area contributed by atoms with Crippen LogP contribution in [0.2, 0.25) is 0 Å². The first kappa shape index (κ1) is 17.7. The largest absolute Gasteiger partial charge is 0.336 e. The van der Waals surface area contributed by atoms with Gasteiger partial charge in [0, 0.05) is 25.0 Å². The van der Waals surface area contributed by atoms with Crippen molar-refractivity contribution in [1.82, 2.24) is 4.90 Å². The monoisotopic (exact) mass is 290 g/mol. The predicted molar refractivity (Wildman–Crippen MR) is 88.8 cm³/mol. The summed E-state index contributed by atoms with van der Waals surface area (Å²) in [6, 6.07) is 10.2. The van der Waals surface area contributed by atoms with Gasteiger partial charge in [-0.2, -0.15) is 0 Å². The summed E-state index contributed by atoms with van der Waals surface area (Å²) in [7, 11) is 0. The maximum absolute atomic E-state index is 12.5. The summed E-state index contributed by atoms with van der Waals surface area (Å²) in [5.41, 5.74) is 7.46. The van der Waals surface area contributed by atoms with Crippen LogP contribution in [0.25, 0.3) is 0 Å². The summed E-state index contributed by atoms with van der Waals surface area (Å²) in [6.07, 6.45) is 1.28. The zero-order chi connectivity index (χ0) is 16.0. The molecular weight excluding hydrogens is 260 g/mol. The van der Waals surface area contributed by atoms with Crippen molar-refractivity contribution in [2.24, 2.45) is 11.1 Å². The van der Waals surface area contributed by atoms with Gasteiger partial charge in [0.25, 0.3) is 0 Å². The Morgan fingerprint density at radius 3 is 2.24 bits per heavy atom. The highest BCUT2D eigenvalue weighted by Gasteiger charge is 2.22. The van der Waals surface area contributed by atoms with E-state index < -0.39 is 0 Å². The third-order valence-corrected chi connectivity index (χ3v) is 3.45. The summed E-state index contributed by atoms with van der Waals surface area (Å²) in [5.74, 6) is 0.144.